The Morgan fingerprint density at radius 1 is 1.35 bits per heavy atom. The van der Waals surface area contributed by atoms with E-state index in [0.29, 0.717) is 41.6 Å². The average molecular weight is 334 g/mol. The predicted octanol–water partition coefficient (Wildman–Crippen LogP) is 2.57. The molecule has 23 heavy (non-hydrogen) atoms. The lowest BCUT2D eigenvalue weighted by molar-refractivity contribution is -0.119. The number of hydrogen-bond donors (Lipinski definition) is 0. The Morgan fingerprint density at radius 2 is 2.04 bits per heavy atom. The van der Waals surface area contributed by atoms with E-state index in [0.717, 1.165) is 5.56 Å². The highest BCUT2D eigenvalue weighted by Gasteiger charge is 2.33. The predicted molar refractivity (Wildman–Crippen MR) is 85.6 cm³/mol. The molecule has 1 aliphatic rings. The van der Waals surface area contributed by atoms with Gasteiger partial charge in [-0.3, -0.25) is 9.69 Å². The van der Waals surface area contributed by atoms with Crippen LogP contribution in [0.3, 0.4) is 0 Å². The standard InChI is InChI=1S/C16H16ClN3O3/c1-10-14(16(22)23-2)15-19(13(21)7-8-20(15)18-10)9-11-3-5-12(17)6-4-11/h3-6H,7-9H2,1-2H3. The van der Waals surface area contributed by atoms with Crippen LogP contribution in [-0.4, -0.2) is 28.8 Å². The maximum atomic E-state index is 12.4. The number of fused-ring (bicyclic) bond motifs is 1. The van der Waals surface area contributed by atoms with Gasteiger partial charge in [0.25, 0.3) is 0 Å². The zero-order valence-electron chi connectivity index (χ0n) is 12.9. The Bertz CT molecular complexity index is 768. The highest BCUT2D eigenvalue weighted by Crippen LogP contribution is 2.30. The van der Waals surface area contributed by atoms with Gasteiger partial charge in [-0.1, -0.05) is 23.7 Å². The van der Waals surface area contributed by atoms with Gasteiger partial charge in [-0.2, -0.15) is 5.10 Å². The van der Waals surface area contributed by atoms with E-state index in [1.54, 1.807) is 28.6 Å². The molecule has 3 rings (SSSR count). The van der Waals surface area contributed by atoms with Gasteiger partial charge in [0, 0.05) is 11.4 Å². The molecular formula is C16H16ClN3O3. The number of carbonyl (C=O) groups is 2. The van der Waals surface area contributed by atoms with Crippen LogP contribution in [-0.2, 0) is 22.6 Å². The number of nitrogens with zero attached hydrogens (tertiary/aromatic N) is 3. The SMILES string of the molecule is COC(=O)c1c(C)nn2c1N(Cc1ccc(Cl)cc1)C(=O)CC2. The van der Waals surface area contributed by atoms with Gasteiger partial charge in [0.2, 0.25) is 5.91 Å². The molecule has 0 radical (unpaired) electrons. The van der Waals surface area contributed by atoms with E-state index in [2.05, 4.69) is 5.10 Å². The van der Waals surface area contributed by atoms with Crippen LogP contribution in [0.1, 0.15) is 28.0 Å². The van der Waals surface area contributed by atoms with Crippen LogP contribution in [0.15, 0.2) is 24.3 Å². The molecule has 2 heterocycles. The lowest BCUT2D eigenvalue weighted by Crippen LogP contribution is -2.38. The number of aromatic nitrogens is 2. The van der Waals surface area contributed by atoms with Gasteiger partial charge in [0.1, 0.15) is 11.4 Å². The van der Waals surface area contributed by atoms with Crippen molar-refractivity contribution in [1.29, 1.82) is 0 Å². The van der Waals surface area contributed by atoms with Gasteiger partial charge in [0.05, 0.1) is 25.9 Å². The molecule has 0 N–H and O–H groups in total. The van der Waals surface area contributed by atoms with Crippen molar-refractivity contribution in [3.8, 4) is 0 Å². The van der Waals surface area contributed by atoms with Crippen LogP contribution >= 0.6 is 11.6 Å². The topological polar surface area (TPSA) is 64.4 Å². The number of methoxy groups -OCH3 is 1. The lowest BCUT2D eigenvalue weighted by atomic mass is 10.1. The van der Waals surface area contributed by atoms with Crippen molar-refractivity contribution in [3.63, 3.8) is 0 Å². The number of halogens is 1. The summed E-state index contributed by atoms with van der Waals surface area (Å²) in [4.78, 5) is 26.1. The van der Waals surface area contributed by atoms with Gasteiger partial charge < -0.3 is 4.74 Å². The molecule has 1 aromatic carbocycles. The second kappa shape index (κ2) is 6.04. The third-order valence-electron chi connectivity index (χ3n) is 3.84. The molecule has 0 fully saturated rings. The molecule has 7 heteroatoms. The zero-order chi connectivity index (χ0) is 16.6. The molecule has 120 valence electrons. The highest BCUT2D eigenvalue weighted by atomic mass is 35.5. The van der Waals surface area contributed by atoms with E-state index in [1.165, 1.54) is 7.11 Å². The van der Waals surface area contributed by atoms with Crippen LogP contribution in [0.4, 0.5) is 5.82 Å². The summed E-state index contributed by atoms with van der Waals surface area (Å²) in [5.74, 6) is -0.0300. The first-order chi connectivity index (χ1) is 11.0. The third-order valence-corrected chi connectivity index (χ3v) is 4.09. The van der Waals surface area contributed by atoms with Crippen molar-refractivity contribution in [2.75, 3.05) is 12.0 Å². The number of amides is 1. The molecule has 0 spiro atoms. The molecule has 0 atom stereocenters. The van der Waals surface area contributed by atoms with Crippen molar-refractivity contribution in [2.24, 2.45) is 0 Å². The largest absolute Gasteiger partial charge is 0.465 e. The molecule has 1 aromatic heterocycles. The summed E-state index contributed by atoms with van der Waals surface area (Å²) in [6, 6.07) is 7.26. The second-order valence-electron chi connectivity index (χ2n) is 5.36. The fraction of sp³-hybridized carbons (Fsp3) is 0.312. The Kier molecular flexibility index (Phi) is 4.09. The monoisotopic (exact) mass is 333 g/mol. The summed E-state index contributed by atoms with van der Waals surface area (Å²) < 4.78 is 6.54. The van der Waals surface area contributed by atoms with E-state index < -0.39 is 5.97 Å². The number of anilines is 1. The Labute approximate surface area is 138 Å². The minimum atomic E-state index is -0.487. The Hall–Kier alpha value is -2.34. The van der Waals surface area contributed by atoms with Gasteiger partial charge >= 0.3 is 5.97 Å². The third kappa shape index (κ3) is 2.82. The molecule has 1 amide bonds. The number of carbonyl (C=O) groups excluding carboxylic acids is 2. The first kappa shape index (κ1) is 15.6. The normalized spacial score (nSPS) is 13.9. The maximum Gasteiger partial charge on any atom is 0.343 e. The molecular weight excluding hydrogens is 318 g/mol. The van der Waals surface area contributed by atoms with Crippen LogP contribution in [0, 0.1) is 6.92 Å². The van der Waals surface area contributed by atoms with Crippen molar-refractivity contribution in [2.45, 2.75) is 26.4 Å². The molecule has 0 bridgehead atoms. The Balaban J connectivity index is 2.03. The van der Waals surface area contributed by atoms with E-state index >= 15 is 0 Å². The van der Waals surface area contributed by atoms with Crippen molar-refractivity contribution < 1.29 is 14.3 Å². The maximum absolute atomic E-state index is 12.4. The zero-order valence-corrected chi connectivity index (χ0v) is 13.6. The van der Waals surface area contributed by atoms with Gasteiger partial charge in [0.15, 0.2) is 0 Å². The van der Waals surface area contributed by atoms with Gasteiger partial charge in [-0.15, -0.1) is 0 Å². The lowest BCUT2D eigenvalue weighted by Gasteiger charge is -2.28. The molecule has 0 aliphatic carbocycles. The molecule has 1 aliphatic heterocycles. The number of ether oxygens (including phenoxy) is 1. The molecule has 0 unspecified atom stereocenters. The number of esters is 1. The first-order valence-corrected chi connectivity index (χ1v) is 7.59. The Morgan fingerprint density at radius 3 is 2.70 bits per heavy atom. The summed E-state index contributed by atoms with van der Waals surface area (Å²) >= 11 is 5.90. The van der Waals surface area contributed by atoms with E-state index in [4.69, 9.17) is 16.3 Å². The number of benzene rings is 1. The molecule has 2 aromatic rings. The summed E-state index contributed by atoms with van der Waals surface area (Å²) in [6.45, 7) is 2.55. The molecule has 0 saturated heterocycles. The van der Waals surface area contributed by atoms with Crippen LogP contribution in [0.5, 0.6) is 0 Å². The van der Waals surface area contributed by atoms with Crippen molar-refractivity contribution in [1.82, 2.24) is 9.78 Å². The quantitative estimate of drug-likeness (QED) is 0.810. The fourth-order valence-electron chi connectivity index (χ4n) is 2.73. The second-order valence-corrected chi connectivity index (χ2v) is 5.79. The number of aryl methyl sites for hydroxylation is 2. The molecule has 6 nitrogen and oxygen atoms in total. The minimum absolute atomic E-state index is 0.0440. The van der Waals surface area contributed by atoms with Crippen molar-refractivity contribution in [3.05, 3.63) is 46.1 Å². The summed E-state index contributed by atoms with van der Waals surface area (Å²) in [5, 5.41) is 5.00. The van der Waals surface area contributed by atoms with E-state index in [9.17, 15) is 9.59 Å². The van der Waals surface area contributed by atoms with E-state index in [-0.39, 0.29) is 5.91 Å². The van der Waals surface area contributed by atoms with Gasteiger partial charge in [-0.25, -0.2) is 9.48 Å². The van der Waals surface area contributed by atoms with E-state index in [1.807, 2.05) is 12.1 Å². The van der Waals surface area contributed by atoms with Crippen LogP contribution in [0.25, 0.3) is 0 Å². The smallest absolute Gasteiger partial charge is 0.343 e. The minimum Gasteiger partial charge on any atom is -0.465 e. The molecule has 0 saturated carbocycles. The van der Waals surface area contributed by atoms with Crippen LogP contribution < -0.4 is 4.90 Å². The summed E-state index contributed by atoms with van der Waals surface area (Å²) in [7, 11) is 1.32. The van der Waals surface area contributed by atoms with Crippen molar-refractivity contribution >= 4 is 29.3 Å². The average Bonchev–Trinajstić information content (AvgIpc) is 2.88. The fourth-order valence-corrected chi connectivity index (χ4v) is 2.86. The summed E-state index contributed by atoms with van der Waals surface area (Å²) in [5.41, 5.74) is 1.82. The number of hydrogen-bond acceptors (Lipinski definition) is 4. The first-order valence-electron chi connectivity index (χ1n) is 7.21. The summed E-state index contributed by atoms with van der Waals surface area (Å²) in [6.07, 6.45) is 0.350. The van der Waals surface area contributed by atoms with Crippen LogP contribution in [0.2, 0.25) is 5.02 Å². The number of rotatable bonds is 3. The highest BCUT2D eigenvalue weighted by molar-refractivity contribution is 6.30. The van der Waals surface area contributed by atoms with Gasteiger partial charge in [-0.05, 0) is 24.6 Å².